The minimum absolute atomic E-state index is 0.0332. The summed E-state index contributed by atoms with van der Waals surface area (Å²) in [7, 11) is 2.05. The molecule has 0 radical (unpaired) electrons. The molecule has 0 bridgehead atoms. The van der Waals surface area contributed by atoms with Crippen molar-refractivity contribution in [3.8, 4) is 0 Å². The summed E-state index contributed by atoms with van der Waals surface area (Å²) < 4.78 is 29.4. The maximum absolute atomic E-state index is 11.6. The first-order valence-corrected chi connectivity index (χ1v) is 10.8. The molecule has 2 atom stereocenters. The van der Waals surface area contributed by atoms with Gasteiger partial charge in [-0.1, -0.05) is 46.5 Å². The van der Waals surface area contributed by atoms with Crippen LogP contribution < -0.4 is 0 Å². The predicted octanol–water partition coefficient (Wildman–Crippen LogP) is 4.74. The van der Waals surface area contributed by atoms with Gasteiger partial charge in [0.2, 0.25) is 9.05 Å². The monoisotopic (exact) mass is 338 g/mol. The van der Waals surface area contributed by atoms with E-state index in [1.165, 1.54) is 12.8 Å². The van der Waals surface area contributed by atoms with Crippen molar-refractivity contribution in [3.63, 3.8) is 0 Å². The normalized spacial score (nSPS) is 24.2. The van der Waals surface area contributed by atoms with E-state index < -0.39 is 9.05 Å². The van der Waals surface area contributed by atoms with Gasteiger partial charge in [-0.05, 0) is 31.6 Å². The molecule has 1 saturated carbocycles. The Balaban J connectivity index is 2.70. The Kier molecular flexibility index (Phi) is 8.00. The molecule has 126 valence electrons. The molecular formula is C16H31ClO3S. The summed E-state index contributed by atoms with van der Waals surface area (Å²) in [6.07, 6.45) is 8.62. The minimum Gasteiger partial charge on any atom is -0.378 e. The first-order chi connectivity index (χ1) is 9.80. The molecule has 0 spiro atoms. The number of ether oxygens (including phenoxy) is 1. The first kappa shape index (κ1) is 19.2. The molecule has 21 heavy (non-hydrogen) atoms. The second-order valence-corrected chi connectivity index (χ2v) is 9.66. The van der Waals surface area contributed by atoms with E-state index in [0.717, 1.165) is 38.5 Å². The predicted molar refractivity (Wildman–Crippen MR) is 89.3 cm³/mol. The molecule has 0 amide bonds. The SMILES string of the molecule is CCCC(CCC)(COC1CCCC(C)C1)CS(=O)(=O)Cl. The molecule has 0 aromatic carbocycles. The summed E-state index contributed by atoms with van der Waals surface area (Å²) in [6, 6.07) is 0. The number of hydrogen-bond acceptors (Lipinski definition) is 3. The lowest BCUT2D eigenvalue weighted by molar-refractivity contribution is -0.0329. The highest BCUT2D eigenvalue weighted by Gasteiger charge is 2.35. The van der Waals surface area contributed by atoms with Gasteiger partial charge in [0.25, 0.3) is 0 Å². The first-order valence-electron chi connectivity index (χ1n) is 8.34. The van der Waals surface area contributed by atoms with E-state index in [0.29, 0.717) is 18.6 Å². The third-order valence-electron chi connectivity index (χ3n) is 4.55. The van der Waals surface area contributed by atoms with Gasteiger partial charge in [-0.3, -0.25) is 0 Å². The van der Waals surface area contributed by atoms with Gasteiger partial charge in [0.15, 0.2) is 0 Å². The number of halogens is 1. The Morgan fingerprint density at radius 3 is 2.29 bits per heavy atom. The Bertz CT molecular complexity index is 388. The molecule has 1 fully saturated rings. The summed E-state index contributed by atoms with van der Waals surface area (Å²) in [4.78, 5) is 0. The van der Waals surface area contributed by atoms with E-state index in [-0.39, 0.29) is 11.2 Å². The fourth-order valence-electron chi connectivity index (χ4n) is 3.71. The van der Waals surface area contributed by atoms with Crippen molar-refractivity contribution >= 4 is 19.7 Å². The summed E-state index contributed by atoms with van der Waals surface area (Å²) in [6.45, 7) is 6.98. The maximum atomic E-state index is 11.6. The molecule has 0 aromatic rings. The average Bonchev–Trinajstić information content (AvgIpc) is 2.35. The van der Waals surface area contributed by atoms with Crippen molar-refractivity contribution in [2.24, 2.45) is 11.3 Å². The largest absolute Gasteiger partial charge is 0.378 e. The Labute approximate surface area is 135 Å². The molecule has 0 N–H and O–H groups in total. The summed E-state index contributed by atoms with van der Waals surface area (Å²) >= 11 is 0. The van der Waals surface area contributed by atoms with Gasteiger partial charge in [-0.15, -0.1) is 0 Å². The van der Waals surface area contributed by atoms with Crippen LogP contribution in [-0.2, 0) is 13.8 Å². The van der Waals surface area contributed by atoms with Crippen LogP contribution in [0.4, 0.5) is 0 Å². The Hall–Kier alpha value is 0.200. The van der Waals surface area contributed by atoms with Gasteiger partial charge in [0.05, 0.1) is 18.5 Å². The fraction of sp³-hybridized carbons (Fsp3) is 1.00. The second kappa shape index (κ2) is 8.73. The zero-order chi connectivity index (χ0) is 15.9. The van der Waals surface area contributed by atoms with Crippen LogP contribution in [0, 0.1) is 11.3 Å². The van der Waals surface area contributed by atoms with Crippen molar-refractivity contribution in [1.82, 2.24) is 0 Å². The second-order valence-electron chi connectivity index (χ2n) is 6.89. The Morgan fingerprint density at radius 1 is 1.19 bits per heavy atom. The number of rotatable bonds is 9. The lowest BCUT2D eigenvalue weighted by Gasteiger charge is -2.35. The molecule has 0 aliphatic heterocycles. The van der Waals surface area contributed by atoms with Crippen LogP contribution in [0.2, 0.25) is 0 Å². The lowest BCUT2D eigenvalue weighted by Crippen LogP contribution is -2.36. The molecule has 2 unspecified atom stereocenters. The smallest absolute Gasteiger partial charge is 0.233 e. The molecule has 0 saturated heterocycles. The van der Waals surface area contributed by atoms with Crippen molar-refractivity contribution in [1.29, 1.82) is 0 Å². The summed E-state index contributed by atoms with van der Waals surface area (Å²) in [5.74, 6) is 0.748. The van der Waals surface area contributed by atoms with Gasteiger partial charge in [-0.2, -0.15) is 0 Å². The minimum atomic E-state index is -3.50. The standard InChI is InChI=1S/C16H31ClO3S/c1-4-9-16(10-5-2,13-21(17,18)19)12-20-15-8-6-7-14(3)11-15/h14-15H,4-13H2,1-3H3. The van der Waals surface area contributed by atoms with Gasteiger partial charge >= 0.3 is 0 Å². The van der Waals surface area contributed by atoms with Gasteiger partial charge < -0.3 is 4.74 Å². The highest BCUT2D eigenvalue weighted by Crippen LogP contribution is 2.35. The van der Waals surface area contributed by atoms with Crippen LogP contribution >= 0.6 is 10.7 Å². The van der Waals surface area contributed by atoms with Crippen LogP contribution in [0.25, 0.3) is 0 Å². The fourth-order valence-corrected chi connectivity index (χ4v) is 5.50. The van der Waals surface area contributed by atoms with E-state index in [9.17, 15) is 8.42 Å². The molecule has 0 aromatic heterocycles. The number of hydrogen-bond donors (Lipinski definition) is 0. The topological polar surface area (TPSA) is 43.4 Å². The van der Waals surface area contributed by atoms with Crippen LogP contribution in [0.5, 0.6) is 0 Å². The van der Waals surface area contributed by atoms with E-state index >= 15 is 0 Å². The van der Waals surface area contributed by atoms with E-state index in [4.69, 9.17) is 15.4 Å². The van der Waals surface area contributed by atoms with Crippen LogP contribution in [0.1, 0.15) is 72.1 Å². The average molecular weight is 339 g/mol. The van der Waals surface area contributed by atoms with Crippen LogP contribution in [0.3, 0.4) is 0 Å². The highest BCUT2D eigenvalue weighted by atomic mass is 35.7. The zero-order valence-corrected chi connectivity index (χ0v) is 15.3. The molecule has 3 nitrogen and oxygen atoms in total. The third-order valence-corrected chi connectivity index (χ3v) is 5.84. The van der Waals surface area contributed by atoms with Crippen molar-refractivity contribution in [2.75, 3.05) is 12.4 Å². The molecule has 5 heteroatoms. The lowest BCUT2D eigenvalue weighted by atomic mass is 9.81. The maximum Gasteiger partial charge on any atom is 0.233 e. The molecule has 1 aliphatic carbocycles. The molecule has 0 heterocycles. The van der Waals surface area contributed by atoms with Gasteiger partial charge in [-0.25, -0.2) is 8.42 Å². The van der Waals surface area contributed by atoms with Crippen molar-refractivity contribution in [2.45, 2.75) is 78.2 Å². The van der Waals surface area contributed by atoms with E-state index in [1.807, 2.05) is 0 Å². The summed E-state index contributed by atoms with van der Waals surface area (Å²) in [5, 5.41) is 0. The zero-order valence-electron chi connectivity index (χ0n) is 13.7. The van der Waals surface area contributed by atoms with E-state index in [2.05, 4.69) is 20.8 Å². The third kappa shape index (κ3) is 7.34. The van der Waals surface area contributed by atoms with Crippen molar-refractivity contribution < 1.29 is 13.2 Å². The van der Waals surface area contributed by atoms with Crippen LogP contribution in [-0.4, -0.2) is 26.9 Å². The van der Waals surface area contributed by atoms with Crippen LogP contribution in [0.15, 0.2) is 0 Å². The van der Waals surface area contributed by atoms with Gasteiger partial charge in [0, 0.05) is 16.1 Å². The Morgan fingerprint density at radius 2 is 1.81 bits per heavy atom. The molecule has 1 aliphatic rings. The van der Waals surface area contributed by atoms with Crippen molar-refractivity contribution in [3.05, 3.63) is 0 Å². The highest BCUT2D eigenvalue weighted by molar-refractivity contribution is 8.13. The molecule has 1 rings (SSSR count). The quantitative estimate of drug-likeness (QED) is 0.570. The molecular weight excluding hydrogens is 308 g/mol. The summed E-state index contributed by atoms with van der Waals surface area (Å²) in [5.41, 5.74) is -0.315. The van der Waals surface area contributed by atoms with Gasteiger partial charge in [0.1, 0.15) is 0 Å². The van der Waals surface area contributed by atoms with E-state index in [1.54, 1.807) is 0 Å².